The lowest BCUT2D eigenvalue weighted by Gasteiger charge is -2.26. The quantitative estimate of drug-likeness (QED) is 0.281. The fourth-order valence-electron chi connectivity index (χ4n) is 2.36. The number of thioether (sulfide) groups is 1. The summed E-state index contributed by atoms with van der Waals surface area (Å²) in [4.78, 5) is 48.0. The van der Waals surface area contributed by atoms with Gasteiger partial charge in [0, 0.05) is 0 Å². The van der Waals surface area contributed by atoms with E-state index >= 15 is 0 Å². The van der Waals surface area contributed by atoms with Crippen LogP contribution in [0, 0.1) is 11.8 Å². The summed E-state index contributed by atoms with van der Waals surface area (Å²) in [5.74, 6) is -2.46. The molecular formula is C18H34N4O5S. The molecule has 0 bridgehead atoms. The van der Waals surface area contributed by atoms with E-state index in [1.54, 1.807) is 32.5 Å². The number of hydrogen-bond acceptors (Lipinski definition) is 6. The van der Waals surface area contributed by atoms with Gasteiger partial charge in [-0.2, -0.15) is 11.8 Å². The molecule has 0 aromatic carbocycles. The van der Waals surface area contributed by atoms with Crippen LogP contribution in [0.25, 0.3) is 0 Å². The summed E-state index contributed by atoms with van der Waals surface area (Å²) < 4.78 is 0. The number of aliphatic carboxylic acids is 1. The molecule has 3 amide bonds. The highest BCUT2D eigenvalue weighted by molar-refractivity contribution is 7.98. The molecule has 0 aliphatic heterocycles. The van der Waals surface area contributed by atoms with Crippen molar-refractivity contribution in [1.82, 2.24) is 16.0 Å². The molecule has 0 saturated carbocycles. The van der Waals surface area contributed by atoms with E-state index < -0.39 is 41.8 Å². The van der Waals surface area contributed by atoms with Crippen molar-refractivity contribution in [2.24, 2.45) is 17.6 Å². The lowest BCUT2D eigenvalue weighted by Crippen LogP contribution is -2.56. The maximum absolute atomic E-state index is 12.6. The zero-order valence-electron chi connectivity index (χ0n) is 17.3. The number of carbonyl (C=O) groups is 4. The highest BCUT2D eigenvalue weighted by atomic mass is 32.2. The highest BCUT2D eigenvalue weighted by Gasteiger charge is 2.31. The summed E-state index contributed by atoms with van der Waals surface area (Å²) in [6.45, 7) is 6.71. The average molecular weight is 419 g/mol. The Morgan fingerprint density at radius 1 is 1.04 bits per heavy atom. The van der Waals surface area contributed by atoms with Gasteiger partial charge >= 0.3 is 5.97 Å². The van der Waals surface area contributed by atoms with Crippen molar-refractivity contribution in [1.29, 1.82) is 0 Å². The lowest BCUT2D eigenvalue weighted by molar-refractivity contribution is -0.143. The number of nitrogens with one attached hydrogen (secondary N) is 3. The summed E-state index contributed by atoms with van der Waals surface area (Å²) in [6, 6.07) is -2.65. The summed E-state index contributed by atoms with van der Waals surface area (Å²) in [7, 11) is 0. The molecule has 162 valence electrons. The maximum Gasteiger partial charge on any atom is 0.326 e. The van der Waals surface area contributed by atoms with Gasteiger partial charge in [-0.05, 0) is 30.3 Å². The normalized spacial score (nSPS) is 15.2. The van der Waals surface area contributed by atoms with Gasteiger partial charge in [0.05, 0.1) is 12.6 Å². The first-order valence-corrected chi connectivity index (χ1v) is 10.8. The zero-order valence-corrected chi connectivity index (χ0v) is 18.1. The van der Waals surface area contributed by atoms with Gasteiger partial charge in [0.1, 0.15) is 12.1 Å². The first kappa shape index (κ1) is 26.2. The van der Waals surface area contributed by atoms with Gasteiger partial charge in [-0.25, -0.2) is 4.79 Å². The second kappa shape index (κ2) is 13.4. The van der Waals surface area contributed by atoms with E-state index in [2.05, 4.69) is 16.0 Å². The van der Waals surface area contributed by atoms with Gasteiger partial charge in [0.25, 0.3) is 0 Å². The second-order valence-electron chi connectivity index (χ2n) is 7.11. The molecule has 0 spiro atoms. The van der Waals surface area contributed by atoms with Crippen molar-refractivity contribution in [3.63, 3.8) is 0 Å². The SMILES string of the molecule is CCC(C)C(NC(=O)CNC(=O)C(N)CCSC)C(=O)NC(C(=O)O)C(C)C. The molecule has 0 radical (unpaired) electrons. The molecule has 0 aliphatic carbocycles. The third-order valence-corrected chi connectivity index (χ3v) is 5.08. The van der Waals surface area contributed by atoms with Gasteiger partial charge in [-0.3, -0.25) is 14.4 Å². The Bertz CT molecular complexity index is 544. The van der Waals surface area contributed by atoms with Gasteiger partial charge in [0.15, 0.2) is 0 Å². The maximum atomic E-state index is 12.6. The van der Waals surface area contributed by atoms with Crippen molar-refractivity contribution in [3.05, 3.63) is 0 Å². The Balaban J connectivity index is 4.86. The van der Waals surface area contributed by atoms with E-state index in [0.717, 1.165) is 5.75 Å². The van der Waals surface area contributed by atoms with Crippen molar-refractivity contribution in [3.8, 4) is 0 Å². The molecule has 10 heteroatoms. The predicted molar refractivity (Wildman–Crippen MR) is 110 cm³/mol. The molecule has 0 aromatic heterocycles. The summed E-state index contributed by atoms with van der Waals surface area (Å²) in [5.41, 5.74) is 5.74. The van der Waals surface area contributed by atoms with Crippen molar-refractivity contribution in [2.75, 3.05) is 18.6 Å². The molecule has 0 saturated heterocycles. The molecule has 28 heavy (non-hydrogen) atoms. The lowest BCUT2D eigenvalue weighted by atomic mass is 9.96. The molecule has 0 fully saturated rings. The standard InChI is InChI=1S/C18H34N4O5S/c1-6-11(4)15(17(25)22-14(10(2)3)18(26)27)21-13(23)9-20-16(24)12(19)7-8-28-5/h10-12,14-15H,6-9,19H2,1-5H3,(H,20,24)(H,21,23)(H,22,25)(H,26,27). The molecule has 0 aliphatic rings. The monoisotopic (exact) mass is 418 g/mol. The number of carboxylic acid groups (broad SMARTS) is 1. The summed E-state index contributed by atoms with van der Waals surface area (Å²) >= 11 is 1.57. The number of rotatable bonds is 13. The van der Waals surface area contributed by atoms with Crippen LogP contribution in [0.2, 0.25) is 0 Å². The fourth-order valence-corrected chi connectivity index (χ4v) is 2.85. The predicted octanol–water partition coefficient (Wildman–Crippen LogP) is -0.0607. The molecule has 4 atom stereocenters. The van der Waals surface area contributed by atoms with Gasteiger partial charge in [0.2, 0.25) is 17.7 Å². The molecule has 9 nitrogen and oxygen atoms in total. The minimum absolute atomic E-state index is 0.218. The minimum Gasteiger partial charge on any atom is -0.480 e. The van der Waals surface area contributed by atoms with Crippen LogP contribution in [0.5, 0.6) is 0 Å². The Labute approximate surface area is 170 Å². The van der Waals surface area contributed by atoms with E-state index in [-0.39, 0.29) is 18.4 Å². The van der Waals surface area contributed by atoms with Gasteiger partial charge < -0.3 is 26.8 Å². The van der Waals surface area contributed by atoms with E-state index in [4.69, 9.17) is 5.73 Å². The number of amides is 3. The van der Waals surface area contributed by atoms with Crippen LogP contribution in [0.3, 0.4) is 0 Å². The number of carboxylic acids is 1. The van der Waals surface area contributed by atoms with Crippen LogP contribution in [-0.4, -0.2) is 65.5 Å². The Hall–Kier alpha value is -1.81. The molecule has 4 unspecified atom stereocenters. The number of carbonyl (C=O) groups excluding carboxylic acids is 3. The summed E-state index contributed by atoms with van der Waals surface area (Å²) in [6.07, 6.45) is 3.01. The molecule has 6 N–H and O–H groups in total. The third-order valence-electron chi connectivity index (χ3n) is 4.44. The third kappa shape index (κ3) is 9.41. The average Bonchev–Trinajstić information content (AvgIpc) is 2.64. The van der Waals surface area contributed by atoms with Crippen molar-refractivity contribution in [2.45, 2.75) is 58.7 Å². The first-order chi connectivity index (χ1) is 13.0. The van der Waals surface area contributed by atoms with Crippen LogP contribution < -0.4 is 21.7 Å². The first-order valence-electron chi connectivity index (χ1n) is 9.39. The molecule has 0 heterocycles. The van der Waals surface area contributed by atoms with E-state index in [1.807, 2.05) is 13.2 Å². The molecule has 0 rings (SSSR count). The largest absolute Gasteiger partial charge is 0.480 e. The van der Waals surface area contributed by atoms with E-state index in [0.29, 0.717) is 12.8 Å². The molecule has 0 aromatic rings. The Morgan fingerprint density at radius 3 is 2.11 bits per heavy atom. The van der Waals surface area contributed by atoms with Crippen LogP contribution in [0.1, 0.15) is 40.5 Å². The Morgan fingerprint density at radius 2 is 1.64 bits per heavy atom. The van der Waals surface area contributed by atoms with Crippen LogP contribution in [-0.2, 0) is 19.2 Å². The van der Waals surface area contributed by atoms with E-state index in [1.165, 1.54) is 0 Å². The second-order valence-corrected chi connectivity index (χ2v) is 8.09. The van der Waals surface area contributed by atoms with Crippen LogP contribution in [0.4, 0.5) is 0 Å². The van der Waals surface area contributed by atoms with Crippen molar-refractivity contribution < 1.29 is 24.3 Å². The van der Waals surface area contributed by atoms with Crippen LogP contribution in [0.15, 0.2) is 0 Å². The van der Waals surface area contributed by atoms with Crippen molar-refractivity contribution >= 4 is 35.5 Å². The Kier molecular flexibility index (Phi) is 12.5. The smallest absolute Gasteiger partial charge is 0.326 e. The fraction of sp³-hybridized carbons (Fsp3) is 0.778. The number of hydrogen-bond donors (Lipinski definition) is 5. The van der Waals surface area contributed by atoms with Gasteiger partial charge in [-0.1, -0.05) is 34.1 Å². The highest BCUT2D eigenvalue weighted by Crippen LogP contribution is 2.10. The minimum atomic E-state index is -1.14. The summed E-state index contributed by atoms with van der Waals surface area (Å²) in [5, 5.41) is 16.8. The van der Waals surface area contributed by atoms with Crippen LogP contribution >= 0.6 is 11.8 Å². The topological polar surface area (TPSA) is 151 Å². The van der Waals surface area contributed by atoms with Gasteiger partial charge in [-0.15, -0.1) is 0 Å². The van der Waals surface area contributed by atoms with E-state index in [9.17, 15) is 24.3 Å². The molecular weight excluding hydrogens is 384 g/mol. The number of nitrogens with two attached hydrogens (primary N) is 1. The zero-order chi connectivity index (χ0) is 21.9.